The zero-order valence-electron chi connectivity index (χ0n) is 10.6. The van der Waals surface area contributed by atoms with Crippen molar-refractivity contribution in [1.29, 1.82) is 0 Å². The quantitative estimate of drug-likeness (QED) is 0.731. The number of hydrogen-bond acceptors (Lipinski definition) is 4. The molecule has 8 heteroatoms. The largest absolute Gasteiger partial charge is 0.573 e. The summed E-state index contributed by atoms with van der Waals surface area (Å²) in [4.78, 5) is 0. The second kappa shape index (κ2) is 7.26. The molecule has 0 heterocycles. The summed E-state index contributed by atoms with van der Waals surface area (Å²) in [5.74, 6) is -0.398. The van der Waals surface area contributed by atoms with Crippen molar-refractivity contribution in [2.24, 2.45) is 0 Å². The van der Waals surface area contributed by atoms with E-state index in [1.165, 1.54) is 6.07 Å². The maximum Gasteiger partial charge on any atom is 0.573 e. The molecule has 2 atom stereocenters. The van der Waals surface area contributed by atoms with Gasteiger partial charge in [-0.1, -0.05) is 22.0 Å². The van der Waals surface area contributed by atoms with E-state index in [2.05, 4.69) is 26.0 Å². The van der Waals surface area contributed by atoms with Crippen LogP contribution in [0.3, 0.4) is 0 Å². The van der Waals surface area contributed by atoms with Crippen LogP contribution in [0.25, 0.3) is 0 Å². The molecule has 3 N–H and O–H groups in total. The minimum atomic E-state index is -4.77. The molecule has 4 nitrogen and oxygen atoms in total. The second-order valence-electron chi connectivity index (χ2n) is 4.14. The third-order valence-corrected chi connectivity index (χ3v) is 3.27. The molecule has 1 rings (SSSR count). The molecule has 0 amide bonds. The lowest BCUT2D eigenvalue weighted by molar-refractivity contribution is -0.274. The number of aliphatic hydroxyl groups is 2. The monoisotopic (exact) mass is 357 g/mol. The van der Waals surface area contributed by atoms with Gasteiger partial charge in [-0.2, -0.15) is 0 Å². The van der Waals surface area contributed by atoms with Gasteiger partial charge in [-0.15, -0.1) is 13.2 Å². The van der Waals surface area contributed by atoms with E-state index in [9.17, 15) is 23.4 Å². The van der Waals surface area contributed by atoms with Gasteiger partial charge in [-0.05, 0) is 37.7 Å². The van der Waals surface area contributed by atoms with Crippen LogP contribution in [0.4, 0.5) is 13.2 Å². The summed E-state index contributed by atoms with van der Waals surface area (Å²) in [5.41, 5.74) is 0.295. The van der Waals surface area contributed by atoms with Crippen molar-refractivity contribution >= 4 is 15.9 Å². The van der Waals surface area contributed by atoms with Crippen molar-refractivity contribution < 1.29 is 28.1 Å². The highest BCUT2D eigenvalue weighted by atomic mass is 79.9. The zero-order valence-corrected chi connectivity index (χ0v) is 12.2. The topological polar surface area (TPSA) is 61.7 Å². The highest BCUT2D eigenvalue weighted by Crippen LogP contribution is 2.32. The summed E-state index contributed by atoms with van der Waals surface area (Å²) in [7, 11) is 1.71. The number of nitrogens with one attached hydrogen (secondary N) is 1. The average Bonchev–Trinajstić information content (AvgIpc) is 2.33. The Bertz CT molecular complexity index is 442. The first kappa shape index (κ1) is 17.2. The molecule has 0 aromatic heterocycles. The number of ether oxygens (including phenoxy) is 1. The third-order valence-electron chi connectivity index (χ3n) is 2.58. The molecule has 1 aromatic rings. The van der Waals surface area contributed by atoms with Gasteiger partial charge in [0.15, 0.2) is 0 Å². The highest BCUT2D eigenvalue weighted by molar-refractivity contribution is 9.10. The van der Waals surface area contributed by atoms with Gasteiger partial charge in [0.2, 0.25) is 0 Å². The molecule has 0 aliphatic rings. The van der Waals surface area contributed by atoms with Gasteiger partial charge in [0.05, 0.1) is 6.10 Å². The molecule has 114 valence electrons. The first-order chi connectivity index (χ1) is 9.24. The van der Waals surface area contributed by atoms with Crippen LogP contribution in [0, 0.1) is 0 Å². The van der Waals surface area contributed by atoms with Crippen LogP contribution in [0.1, 0.15) is 18.1 Å². The molecule has 0 spiro atoms. The second-order valence-corrected chi connectivity index (χ2v) is 4.99. The van der Waals surface area contributed by atoms with Crippen molar-refractivity contribution in [3.05, 3.63) is 28.2 Å². The lowest BCUT2D eigenvalue weighted by Gasteiger charge is -2.20. The normalized spacial score (nSPS) is 14.9. The van der Waals surface area contributed by atoms with Crippen LogP contribution < -0.4 is 10.1 Å². The van der Waals surface area contributed by atoms with Crippen LogP contribution >= 0.6 is 15.9 Å². The average molecular weight is 358 g/mol. The van der Waals surface area contributed by atoms with Crippen molar-refractivity contribution in [3.8, 4) is 5.75 Å². The molecule has 0 fully saturated rings. The number of benzene rings is 1. The summed E-state index contributed by atoms with van der Waals surface area (Å²) in [6.07, 6.45) is -6.68. The van der Waals surface area contributed by atoms with E-state index >= 15 is 0 Å². The molecule has 0 aliphatic carbocycles. The Kier molecular flexibility index (Phi) is 6.25. The Balaban J connectivity index is 2.82. The van der Waals surface area contributed by atoms with E-state index in [1.54, 1.807) is 7.05 Å². The van der Waals surface area contributed by atoms with E-state index in [4.69, 9.17) is 0 Å². The van der Waals surface area contributed by atoms with Crippen LogP contribution in [0.15, 0.2) is 22.7 Å². The van der Waals surface area contributed by atoms with Gasteiger partial charge in [0.1, 0.15) is 11.9 Å². The maximum absolute atomic E-state index is 12.1. The van der Waals surface area contributed by atoms with Gasteiger partial charge < -0.3 is 20.3 Å². The van der Waals surface area contributed by atoms with Gasteiger partial charge in [-0.25, -0.2) is 0 Å². The number of rotatable bonds is 6. The number of hydrogen-bond donors (Lipinski definition) is 3. The lowest BCUT2D eigenvalue weighted by atomic mass is 10.0. The molecule has 20 heavy (non-hydrogen) atoms. The number of alkyl halides is 3. The molecule has 0 aliphatic heterocycles. The van der Waals surface area contributed by atoms with Crippen LogP contribution in [0.5, 0.6) is 5.75 Å². The molecular formula is C12H15BrF3NO3. The Hall–Kier alpha value is -0.830. The highest BCUT2D eigenvalue weighted by Gasteiger charge is 2.31. The molecule has 0 bridgehead atoms. The van der Waals surface area contributed by atoms with E-state index in [0.717, 1.165) is 12.1 Å². The third kappa shape index (κ3) is 5.28. The number of aliphatic hydroxyl groups excluding tert-OH is 2. The smallest absolute Gasteiger partial charge is 0.406 e. The van der Waals surface area contributed by atoms with E-state index in [0.29, 0.717) is 18.5 Å². The Morgan fingerprint density at radius 2 is 2.00 bits per heavy atom. The molecule has 1 aromatic carbocycles. The van der Waals surface area contributed by atoms with Crippen LogP contribution in [0.2, 0.25) is 0 Å². The predicted octanol–water partition coefficient (Wildman–Crippen LogP) is 2.35. The van der Waals surface area contributed by atoms with Crippen LogP contribution in [-0.2, 0) is 0 Å². The summed E-state index contributed by atoms with van der Waals surface area (Å²) >= 11 is 3.06. The van der Waals surface area contributed by atoms with Crippen molar-refractivity contribution in [2.45, 2.75) is 25.0 Å². The Labute approximate surface area is 122 Å². The Morgan fingerprint density at radius 3 is 2.50 bits per heavy atom. The maximum atomic E-state index is 12.1. The van der Waals surface area contributed by atoms with E-state index in [-0.39, 0.29) is 4.47 Å². The molecular weight excluding hydrogens is 343 g/mol. The van der Waals surface area contributed by atoms with E-state index < -0.39 is 24.3 Å². The fourth-order valence-electron chi connectivity index (χ4n) is 1.60. The summed E-state index contributed by atoms with van der Waals surface area (Å²) in [6, 6.07) is 3.46. The lowest BCUT2D eigenvalue weighted by Crippen LogP contribution is -2.23. The minimum Gasteiger partial charge on any atom is -0.406 e. The number of halogens is 4. The van der Waals surface area contributed by atoms with Gasteiger partial charge in [-0.3, -0.25) is 0 Å². The van der Waals surface area contributed by atoms with Gasteiger partial charge >= 0.3 is 6.36 Å². The first-order valence-corrected chi connectivity index (χ1v) is 6.60. The SMILES string of the molecule is CNCCC(O)C(O)c1ccc(OC(F)(F)F)cc1Br. The molecule has 2 unspecified atom stereocenters. The molecule has 0 saturated carbocycles. The van der Waals surface area contributed by atoms with Crippen molar-refractivity contribution in [3.63, 3.8) is 0 Å². The zero-order chi connectivity index (χ0) is 15.3. The van der Waals surface area contributed by atoms with Gasteiger partial charge in [0.25, 0.3) is 0 Å². The predicted molar refractivity (Wildman–Crippen MR) is 70.3 cm³/mol. The molecule has 0 saturated heterocycles. The van der Waals surface area contributed by atoms with Gasteiger partial charge in [0, 0.05) is 4.47 Å². The summed E-state index contributed by atoms with van der Waals surface area (Å²) < 4.78 is 40.2. The standard InChI is InChI=1S/C12H15BrF3NO3/c1-17-5-4-10(18)11(19)8-3-2-7(6-9(8)13)20-12(14,15)16/h2-3,6,10-11,17-19H,4-5H2,1H3. The molecule has 0 radical (unpaired) electrons. The Morgan fingerprint density at radius 1 is 1.35 bits per heavy atom. The summed E-state index contributed by atoms with van der Waals surface area (Å²) in [5, 5.41) is 22.5. The minimum absolute atomic E-state index is 0.232. The van der Waals surface area contributed by atoms with Crippen molar-refractivity contribution in [1.82, 2.24) is 5.32 Å². The fourth-order valence-corrected chi connectivity index (χ4v) is 2.19. The van der Waals surface area contributed by atoms with Crippen molar-refractivity contribution in [2.75, 3.05) is 13.6 Å². The van der Waals surface area contributed by atoms with E-state index in [1.807, 2.05) is 0 Å². The fraction of sp³-hybridized carbons (Fsp3) is 0.500. The first-order valence-electron chi connectivity index (χ1n) is 5.80. The van der Waals surface area contributed by atoms with Crippen LogP contribution in [-0.4, -0.2) is 36.3 Å². The summed E-state index contributed by atoms with van der Waals surface area (Å²) in [6.45, 7) is 0.505.